The summed E-state index contributed by atoms with van der Waals surface area (Å²) in [5.41, 5.74) is 0.991. The highest BCUT2D eigenvalue weighted by molar-refractivity contribution is 7.92. The standard InChI is InChI=1S/C20H18BF3N4O6S/c1-2-17-26-27-18(34-17)8-12-7-13(25-19(29)20(22,23)24)5-6-16(12)35(31,32)28-14-4-3-11-10-33-21(30)15(11)9-14/h3-7,9,28,30H,2,8,10H2,1H3,(H,25,29). The molecular weight excluding hydrogens is 492 g/mol. The van der Waals surface area contributed by atoms with E-state index in [0.717, 1.165) is 18.2 Å². The predicted molar refractivity (Wildman–Crippen MR) is 117 cm³/mol. The quantitative estimate of drug-likeness (QED) is 0.408. The largest absolute Gasteiger partial charge is 0.491 e. The van der Waals surface area contributed by atoms with E-state index in [2.05, 4.69) is 14.9 Å². The van der Waals surface area contributed by atoms with Gasteiger partial charge in [0.15, 0.2) is 0 Å². The maximum Gasteiger partial charge on any atom is 0.491 e. The molecule has 0 saturated carbocycles. The zero-order valence-electron chi connectivity index (χ0n) is 18.1. The minimum absolute atomic E-state index is 0.00769. The lowest BCUT2D eigenvalue weighted by Crippen LogP contribution is -2.30. The summed E-state index contributed by atoms with van der Waals surface area (Å²) in [5, 5.41) is 19.2. The fourth-order valence-electron chi connectivity index (χ4n) is 3.41. The number of anilines is 2. The lowest BCUT2D eigenvalue weighted by atomic mass is 9.79. The molecule has 10 nitrogen and oxygen atoms in total. The number of nitrogens with one attached hydrogen (secondary N) is 2. The lowest BCUT2D eigenvalue weighted by Gasteiger charge is -2.15. The highest BCUT2D eigenvalue weighted by atomic mass is 32.2. The van der Waals surface area contributed by atoms with Crippen LogP contribution in [0.3, 0.4) is 0 Å². The Balaban J connectivity index is 1.68. The van der Waals surface area contributed by atoms with Gasteiger partial charge < -0.3 is 19.4 Å². The molecular formula is C20H18BF3N4O6S. The third-order valence-corrected chi connectivity index (χ3v) is 6.56. The van der Waals surface area contributed by atoms with Crippen LogP contribution in [0.15, 0.2) is 45.7 Å². The molecule has 0 radical (unpaired) electrons. The first kappa shape index (κ1) is 24.7. The van der Waals surface area contributed by atoms with E-state index in [1.165, 1.54) is 12.1 Å². The number of rotatable bonds is 7. The molecule has 3 N–H and O–H groups in total. The van der Waals surface area contributed by atoms with Crippen LogP contribution in [-0.4, -0.2) is 42.8 Å². The van der Waals surface area contributed by atoms with Gasteiger partial charge in [-0.1, -0.05) is 13.0 Å². The van der Waals surface area contributed by atoms with Gasteiger partial charge >= 0.3 is 19.2 Å². The van der Waals surface area contributed by atoms with Crippen LogP contribution in [0.1, 0.15) is 29.8 Å². The number of carbonyl (C=O) groups is 1. The Morgan fingerprint density at radius 2 is 1.86 bits per heavy atom. The van der Waals surface area contributed by atoms with Gasteiger partial charge in [0.2, 0.25) is 11.8 Å². The van der Waals surface area contributed by atoms with Crippen molar-refractivity contribution in [3.63, 3.8) is 0 Å². The molecule has 184 valence electrons. The average molecular weight is 510 g/mol. The molecule has 0 spiro atoms. The van der Waals surface area contributed by atoms with Gasteiger partial charge in [-0.3, -0.25) is 9.52 Å². The van der Waals surface area contributed by atoms with Crippen LogP contribution in [-0.2, 0) is 38.9 Å². The molecule has 1 aliphatic heterocycles. The zero-order valence-corrected chi connectivity index (χ0v) is 18.9. The summed E-state index contributed by atoms with van der Waals surface area (Å²) in [6.45, 7) is 1.95. The van der Waals surface area contributed by atoms with Gasteiger partial charge in [0.25, 0.3) is 10.0 Å². The molecule has 0 atom stereocenters. The predicted octanol–water partition coefficient (Wildman–Crippen LogP) is 1.74. The first-order valence-electron chi connectivity index (χ1n) is 10.2. The molecule has 0 saturated heterocycles. The number of alkyl halides is 3. The van der Waals surface area contributed by atoms with Crippen molar-refractivity contribution >= 4 is 39.9 Å². The second kappa shape index (κ2) is 9.32. The Kier molecular flexibility index (Phi) is 6.57. The van der Waals surface area contributed by atoms with E-state index in [1.54, 1.807) is 18.3 Å². The summed E-state index contributed by atoms with van der Waals surface area (Å²) < 4.78 is 77.4. The van der Waals surface area contributed by atoms with Crippen molar-refractivity contribution < 1.29 is 40.5 Å². The number of hydrogen-bond donors (Lipinski definition) is 3. The average Bonchev–Trinajstić information content (AvgIpc) is 3.39. The normalized spacial score (nSPS) is 13.6. The first-order chi connectivity index (χ1) is 16.5. The summed E-state index contributed by atoms with van der Waals surface area (Å²) in [6, 6.07) is 7.70. The van der Waals surface area contributed by atoms with Crippen molar-refractivity contribution in [2.24, 2.45) is 0 Å². The Hall–Kier alpha value is -3.43. The second-order valence-electron chi connectivity index (χ2n) is 7.58. The van der Waals surface area contributed by atoms with Crippen LogP contribution in [0.4, 0.5) is 24.5 Å². The van der Waals surface area contributed by atoms with Gasteiger partial charge in [0, 0.05) is 17.8 Å². The summed E-state index contributed by atoms with van der Waals surface area (Å²) >= 11 is 0. The summed E-state index contributed by atoms with van der Waals surface area (Å²) in [4.78, 5) is 11.1. The maximum absolute atomic E-state index is 13.2. The second-order valence-corrected chi connectivity index (χ2v) is 9.23. The zero-order chi connectivity index (χ0) is 25.4. The van der Waals surface area contributed by atoms with Crippen LogP contribution < -0.4 is 15.5 Å². The fraction of sp³-hybridized carbons (Fsp3) is 0.250. The monoisotopic (exact) mass is 510 g/mol. The van der Waals surface area contributed by atoms with Gasteiger partial charge in [-0.2, -0.15) is 13.2 Å². The highest BCUT2D eigenvalue weighted by Gasteiger charge is 2.39. The number of benzene rings is 2. The van der Waals surface area contributed by atoms with E-state index in [9.17, 15) is 31.4 Å². The summed E-state index contributed by atoms with van der Waals surface area (Å²) in [7, 11) is -5.46. The van der Waals surface area contributed by atoms with Crippen molar-refractivity contribution in [3.05, 3.63) is 59.3 Å². The Morgan fingerprint density at radius 1 is 1.14 bits per heavy atom. The van der Waals surface area contributed by atoms with Gasteiger partial charge in [-0.05, 0) is 46.9 Å². The number of halogens is 3. The molecule has 0 aliphatic carbocycles. The van der Waals surface area contributed by atoms with Gasteiger partial charge in [-0.15, -0.1) is 10.2 Å². The SMILES string of the molecule is CCc1nnc(Cc2cc(NC(=O)C(F)(F)F)ccc2S(=O)(=O)Nc2ccc3c(c2)B(O)OC3)o1. The minimum Gasteiger partial charge on any atom is -0.425 e. The lowest BCUT2D eigenvalue weighted by molar-refractivity contribution is -0.167. The Bertz CT molecular complexity index is 1380. The van der Waals surface area contributed by atoms with E-state index in [-0.39, 0.29) is 40.8 Å². The van der Waals surface area contributed by atoms with Crippen LogP contribution in [0.25, 0.3) is 0 Å². The van der Waals surface area contributed by atoms with Gasteiger partial charge in [-0.25, -0.2) is 8.42 Å². The number of hydrogen-bond acceptors (Lipinski definition) is 8. The number of aromatic nitrogens is 2. The van der Waals surface area contributed by atoms with Crippen molar-refractivity contribution in [3.8, 4) is 0 Å². The van der Waals surface area contributed by atoms with Gasteiger partial charge in [0.1, 0.15) is 0 Å². The summed E-state index contributed by atoms with van der Waals surface area (Å²) in [6.07, 6.45) is -4.93. The van der Waals surface area contributed by atoms with Gasteiger partial charge in [0.05, 0.1) is 17.9 Å². The number of sulfonamides is 1. The first-order valence-corrected chi connectivity index (χ1v) is 11.7. The van der Waals surface area contributed by atoms with E-state index >= 15 is 0 Å². The van der Waals surface area contributed by atoms with E-state index in [0.29, 0.717) is 23.3 Å². The third kappa shape index (κ3) is 5.47. The number of carbonyl (C=O) groups excluding carboxylic acids is 1. The van der Waals surface area contributed by atoms with E-state index in [4.69, 9.17) is 9.07 Å². The molecule has 2 heterocycles. The molecule has 15 heteroatoms. The molecule has 4 rings (SSSR count). The number of aryl methyl sites for hydroxylation is 1. The van der Waals surface area contributed by atoms with Crippen LogP contribution in [0.5, 0.6) is 0 Å². The molecule has 0 bridgehead atoms. The molecule has 35 heavy (non-hydrogen) atoms. The number of amides is 1. The molecule has 1 amide bonds. The van der Waals surface area contributed by atoms with Crippen molar-refractivity contribution in [2.75, 3.05) is 10.0 Å². The molecule has 0 fully saturated rings. The Labute approximate surface area is 197 Å². The molecule has 3 aromatic rings. The van der Waals surface area contributed by atoms with E-state index in [1.807, 2.05) is 0 Å². The molecule has 2 aromatic carbocycles. The van der Waals surface area contributed by atoms with Crippen molar-refractivity contribution in [1.29, 1.82) is 0 Å². The van der Waals surface area contributed by atoms with Crippen LogP contribution in [0.2, 0.25) is 0 Å². The van der Waals surface area contributed by atoms with Crippen LogP contribution >= 0.6 is 0 Å². The molecule has 1 aromatic heterocycles. The highest BCUT2D eigenvalue weighted by Crippen LogP contribution is 2.27. The van der Waals surface area contributed by atoms with Crippen molar-refractivity contribution in [1.82, 2.24) is 10.2 Å². The number of fused-ring (bicyclic) bond motifs is 1. The van der Waals surface area contributed by atoms with E-state index < -0.39 is 29.2 Å². The van der Waals surface area contributed by atoms with Crippen molar-refractivity contribution in [2.45, 2.75) is 37.4 Å². The minimum atomic E-state index is -5.13. The Morgan fingerprint density at radius 3 is 2.54 bits per heavy atom. The third-order valence-electron chi connectivity index (χ3n) is 5.08. The topological polar surface area (TPSA) is 144 Å². The molecule has 1 aliphatic rings. The molecule has 0 unspecified atom stereocenters. The van der Waals surface area contributed by atoms with Crippen LogP contribution in [0, 0.1) is 0 Å². The smallest absolute Gasteiger partial charge is 0.425 e. The fourth-order valence-corrected chi connectivity index (χ4v) is 4.68. The maximum atomic E-state index is 13.2. The summed E-state index contributed by atoms with van der Waals surface area (Å²) in [5.74, 6) is -1.87. The number of nitrogens with zero attached hydrogens (tertiary/aromatic N) is 2.